The van der Waals surface area contributed by atoms with Crippen LogP contribution in [-0.2, 0) is 4.74 Å². The molecule has 4 nitrogen and oxygen atoms in total. The number of carbonyl (C=O) groups is 1. The highest BCUT2D eigenvalue weighted by Crippen LogP contribution is 2.33. The number of halogens is 4. The molecular weight excluding hydrogens is 395 g/mol. The van der Waals surface area contributed by atoms with E-state index >= 15 is 0 Å². The summed E-state index contributed by atoms with van der Waals surface area (Å²) in [6, 6.07) is 12.7. The predicted octanol–water partition coefficient (Wildman–Crippen LogP) is 5.74. The summed E-state index contributed by atoms with van der Waals surface area (Å²) < 4.78 is 46.8. The van der Waals surface area contributed by atoms with Gasteiger partial charge >= 0.3 is 12.3 Å². The van der Waals surface area contributed by atoms with Crippen LogP contribution >= 0.6 is 11.6 Å². The number of alkyl halides is 3. The van der Waals surface area contributed by atoms with Gasteiger partial charge in [0, 0.05) is 10.9 Å². The number of fused-ring (bicyclic) bond motifs is 1. The fourth-order valence-electron chi connectivity index (χ4n) is 2.57. The number of rotatable bonds is 4. The standard InChI is InChI=1S/C20H13ClF3NO3/c1-27-19(26)17-11-16(21)15-10-14(28-20(22,23)24)9-13(18(15)25-17)8-7-12-5-3-2-4-6-12/h2-11H,1H3/b8-7+. The predicted molar refractivity (Wildman–Crippen MR) is 100 cm³/mol. The maximum Gasteiger partial charge on any atom is 0.573 e. The number of ether oxygens (including phenoxy) is 2. The molecule has 0 aliphatic carbocycles. The molecule has 28 heavy (non-hydrogen) atoms. The van der Waals surface area contributed by atoms with Crippen LogP contribution in [0, 0.1) is 0 Å². The monoisotopic (exact) mass is 407 g/mol. The van der Waals surface area contributed by atoms with Crippen LogP contribution in [0.4, 0.5) is 13.2 Å². The zero-order valence-corrected chi connectivity index (χ0v) is 15.2. The maximum absolute atomic E-state index is 12.7. The van der Waals surface area contributed by atoms with Gasteiger partial charge in [0.25, 0.3) is 0 Å². The van der Waals surface area contributed by atoms with Crippen LogP contribution in [0.15, 0.2) is 48.5 Å². The van der Waals surface area contributed by atoms with Gasteiger partial charge in [-0.25, -0.2) is 9.78 Å². The van der Waals surface area contributed by atoms with Crippen LogP contribution in [0.2, 0.25) is 5.02 Å². The van der Waals surface area contributed by atoms with Gasteiger partial charge < -0.3 is 9.47 Å². The summed E-state index contributed by atoms with van der Waals surface area (Å²) in [4.78, 5) is 16.0. The molecule has 8 heteroatoms. The third-order valence-electron chi connectivity index (χ3n) is 3.75. The minimum atomic E-state index is -4.86. The number of methoxy groups -OCH3 is 1. The largest absolute Gasteiger partial charge is 0.573 e. The summed E-state index contributed by atoms with van der Waals surface area (Å²) in [5.41, 5.74) is 1.31. The Bertz CT molecular complexity index is 1050. The van der Waals surface area contributed by atoms with Crippen molar-refractivity contribution in [2.75, 3.05) is 7.11 Å². The van der Waals surface area contributed by atoms with E-state index in [0.717, 1.165) is 11.6 Å². The highest BCUT2D eigenvalue weighted by Gasteiger charge is 2.31. The molecule has 0 radical (unpaired) electrons. The molecule has 1 heterocycles. The lowest BCUT2D eigenvalue weighted by Gasteiger charge is -2.12. The minimum Gasteiger partial charge on any atom is -0.464 e. The van der Waals surface area contributed by atoms with E-state index in [2.05, 4.69) is 14.5 Å². The second-order valence-electron chi connectivity index (χ2n) is 5.68. The van der Waals surface area contributed by atoms with Gasteiger partial charge in [0.2, 0.25) is 0 Å². The van der Waals surface area contributed by atoms with Gasteiger partial charge in [0.05, 0.1) is 17.6 Å². The summed E-state index contributed by atoms with van der Waals surface area (Å²) >= 11 is 6.19. The van der Waals surface area contributed by atoms with Gasteiger partial charge in [-0.15, -0.1) is 13.2 Å². The summed E-state index contributed by atoms with van der Waals surface area (Å²) in [7, 11) is 1.19. The van der Waals surface area contributed by atoms with Crippen LogP contribution < -0.4 is 4.74 Å². The Balaban J connectivity index is 2.19. The molecule has 0 aliphatic heterocycles. The average molecular weight is 408 g/mol. The Morgan fingerprint density at radius 1 is 1.11 bits per heavy atom. The molecular formula is C20H13ClF3NO3. The molecule has 2 aromatic carbocycles. The number of esters is 1. The second kappa shape index (κ2) is 7.90. The van der Waals surface area contributed by atoms with Crippen molar-refractivity contribution in [2.45, 2.75) is 6.36 Å². The zero-order valence-electron chi connectivity index (χ0n) is 14.5. The highest BCUT2D eigenvalue weighted by molar-refractivity contribution is 6.36. The molecule has 1 aromatic heterocycles. The number of carbonyl (C=O) groups excluding carboxylic acids is 1. The van der Waals surface area contributed by atoms with Gasteiger partial charge in [-0.1, -0.05) is 54.1 Å². The fraction of sp³-hybridized carbons (Fsp3) is 0.100. The van der Waals surface area contributed by atoms with E-state index in [0.29, 0.717) is 5.56 Å². The normalized spacial score (nSPS) is 11.8. The van der Waals surface area contributed by atoms with E-state index in [1.165, 1.54) is 19.2 Å². The Hall–Kier alpha value is -3.06. The molecule has 144 valence electrons. The van der Waals surface area contributed by atoms with Crippen LogP contribution in [0.25, 0.3) is 23.1 Å². The van der Waals surface area contributed by atoms with Gasteiger partial charge in [0.1, 0.15) is 5.75 Å². The lowest BCUT2D eigenvalue weighted by atomic mass is 10.1. The first kappa shape index (κ1) is 19.7. The number of pyridine rings is 1. The Labute approximate surface area is 163 Å². The van der Waals surface area contributed by atoms with Crippen molar-refractivity contribution in [3.63, 3.8) is 0 Å². The lowest BCUT2D eigenvalue weighted by molar-refractivity contribution is -0.274. The number of aromatic nitrogens is 1. The molecule has 0 saturated heterocycles. The Morgan fingerprint density at radius 2 is 1.82 bits per heavy atom. The van der Waals surface area contributed by atoms with Crippen LogP contribution in [0.3, 0.4) is 0 Å². The molecule has 0 saturated carbocycles. The van der Waals surface area contributed by atoms with Crippen LogP contribution in [0.5, 0.6) is 5.75 Å². The average Bonchev–Trinajstić information content (AvgIpc) is 2.65. The van der Waals surface area contributed by atoms with E-state index in [9.17, 15) is 18.0 Å². The fourth-order valence-corrected chi connectivity index (χ4v) is 2.81. The van der Waals surface area contributed by atoms with Crippen molar-refractivity contribution in [1.82, 2.24) is 4.98 Å². The molecule has 0 N–H and O–H groups in total. The highest BCUT2D eigenvalue weighted by atomic mass is 35.5. The summed E-state index contributed by atoms with van der Waals surface area (Å²) in [5, 5.41) is 0.260. The van der Waals surface area contributed by atoms with Crippen molar-refractivity contribution in [3.05, 3.63) is 70.4 Å². The minimum absolute atomic E-state index is 0.0485. The second-order valence-corrected chi connectivity index (χ2v) is 6.09. The van der Waals surface area contributed by atoms with Crippen molar-refractivity contribution in [3.8, 4) is 5.75 Å². The van der Waals surface area contributed by atoms with Gasteiger partial charge in [-0.2, -0.15) is 0 Å². The Kier molecular flexibility index (Phi) is 5.56. The van der Waals surface area contributed by atoms with E-state index in [4.69, 9.17) is 11.6 Å². The van der Waals surface area contributed by atoms with Crippen LogP contribution in [-0.4, -0.2) is 24.4 Å². The third-order valence-corrected chi connectivity index (χ3v) is 4.06. The molecule has 3 rings (SSSR count). The maximum atomic E-state index is 12.7. The zero-order chi connectivity index (χ0) is 20.3. The van der Waals surface area contributed by atoms with Crippen molar-refractivity contribution in [1.29, 1.82) is 0 Å². The number of hydrogen-bond donors (Lipinski definition) is 0. The number of hydrogen-bond acceptors (Lipinski definition) is 4. The number of nitrogens with zero attached hydrogens (tertiary/aromatic N) is 1. The smallest absolute Gasteiger partial charge is 0.464 e. The molecule has 0 amide bonds. The molecule has 0 atom stereocenters. The van der Waals surface area contributed by atoms with Gasteiger partial charge in [0.15, 0.2) is 5.69 Å². The molecule has 0 bridgehead atoms. The quantitative estimate of drug-likeness (QED) is 0.408. The summed E-state index contributed by atoms with van der Waals surface area (Å²) in [5.74, 6) is -1.15. The molecule has 0 aliphatic rings. The molecule has 0 fully saturated rings. The van der Waals surface area contributed by atoms with E-state index < -0.39 is 18.1 Å². The van der Waals surface area contributed by atoms with E-state index in [1.54, 1.807) is 12.2 Å². The molecule has 0 unspecified atom stereocenters. The van der Waals surface area contributed by atoms with Crippen molar-refractivity contribution in [2.24, 2.45) is 0 Å². The lowest BCUT2D eigenvalue weighted by Crippen LogP contribution is -2.17. The summed E-state index contributed by atoms with van der Waals surface area (Å²) in [6.07, 6.45) is -1.59. The van der Waals surface area contributed by atoms with Gasteiger partial charge in [-0.05, 0) is 23.8 Å². The first-order valence-electron chi connectivity index (χ1n) is 7.98. The van der Waals surface area contributed by atoms with E-state index in [1.807, 2.05) is 30.3 Å². The SMILES string of the molecule is COC(=O)c1cc(Cl)c2cc(OC(F)(F)F)cc(/C=C/c3ccccc3)c2n1. The third kappa shape index (κ3) is 4.61. The van der Waals surface area contributed by atoms with E-state index in [-0.39, 0.29) is 21.6 Å². The van der Waals surface area contributed by atoms with Gasteiger partial charge in [-0.3, -0.25) is 0 Å². The van der Waals surface area contributed by atoms with Crippen molar-refractivity contribution >= 4 is 40.6 Å². The summed E-state index contributed by atoms with van der Waals surface area (Å²) in [6.45, 7) is 0. The Morgan fingerprint density at radius 3 is 2.46 bits per heavy atom. The first-order valence-corrected chi connectivity index (χ1v) is 8.36. The molecule has 0 spiro atoms. The number of benzene rings is 2. The molecule has 3 aromatic rings. The van der Waals surface area contributed by atoms with Crippen molar-refractivity contribution < 1.29 is 27.4 Å². The first-order chi connectivity index (χ1) is 13.3. The topological polar surface area (TPSA) is 48.4 Å². The van der Waals surface area contributed by atoms with Crippen LogP contribution in [0.1, 0.15) is 21.6 Å².